The molecule has 0 aliphatic rings. The maximum Gasteiger partial charge on any atom is 0.408 e. The van der Waals surface area contributed by atoms with Crippen LogP contribution >= 0.6 is 0 Å². The molecule has 20 heavy (non-hydrogen) atoms. The molecule has 0 bridgehead atoms. The van der Waals surface area contributed by atoms with Crippen molar-refractivity contribution in [2.45, 2.75) is 45.3 Å². The molecule has 1 amide bonds. The molecule has 0 radical (unpaired) electrons. The topological polar surface area (TPSA) is 75.6 Å². The molecule has 0 saturated heterocycles. The van der Waals surface area contributed by atoms with Crippen molar-refractivity contribution < 1.29 is 19.4 Å². The van der Waals surface area contributed by atoms with Gasteiger partial charge in [0.1, 0.15) is 5.60 Å². The van der Waals surface area contributed by atoms with Gasteiger partial charge in [-0.3, -0.25) is 4.79 Å². The Bertz CT molecular complexity index is 478. The van der Waals surface area contributed by atoms with Crippen molar-refractivity contribution in [1.29, 1.82) is 0 Å². The molecule has 1 aromatic carbocycles. The van der Waals surface area contributed by atoms with E-state index in [2.05, 4.69) is 5.32 Å². The van der Waals surface area contributed by atoms with E-state index in [0.717, 1.165) is 0 Å². The molecule has 1 aromatic rings. The number of alkyl carbamates (subject to hydrolysis) is 1. The molecule has 0 saturated carbocycles. The molecule has 0 aromatic heterocycles. The van der Waals surface area contributed by atoms with Gasteiger partial charge in [0.15, 0.2) is 0 Å². The summed E-state index contributed by atoms with van der Waals surface area (Å²) < 4.78 is 5.19. The first kappa shape index (κ1) is 16.0. The lowest BCUT2D eigenvalue weighted by Gasteiger charge is -2.31. The quantitative estimate of drug-likeness (QED) is 0.888. The highest BCUT2D eigenvalue weighted by molar-refractivity contribution is 5.73. The summed E-state index contributed by atoms with van der Waals surface area (Å²) in [4.78, 5) is 23.0. The standard InChI is InChI=1S/C15H21NO4/c1-14(2,3)20-13(19)16-15(4,10-12(17)18)11-8-6-5-7-9-11/h5-9H,10H2,1-4H3,(H,16,19)(H,17,18)/t15-/m1/s1. The van der Waals surface area contributed by atoms with Crippen molar-refractivity contribution in [3.63, 3.8) is 0 Å². The van der Waals surface area contributed by atoms with Gasteiger partial charge in [0.25, 0.3) is 0 Å². The van der Waals surface area contributed by atoms with E-state index in [9.17, 15) is 9.59 Å². The lowest BCUT2D eigenvalue weighted by molar-refractivity contribution is -0.138. The Balaban J connectivity index is 2.96. The van der Waals surface area contributed by atoms with E-state index in [0.29, 0.717) is 5.56 Å². The van der Waals surface area contributed by atoms with Gasteiger partial charge < -0.3 is 15.2 Å². The first-order chi connectivity index (χ1) is 9.12. The monoisotopic (exact) mass is 279 g/mol. The van der Waals surface area contributed by atoms with Gasteiger partial charge in [0.2, 0.25) is 0 Å². The van der Waals surface area contributed by atoms with Crippen molar-refractivity contribution >= 4 is 12.1 Å². The summed E-state index contributed by atoms with van der Waals surface area (Å²) in [5.41, 5.74) is -0.936. The number of rotatable bonds is 4. The fourth-order valence-corrected chi connectivity index (χ4v) is 1.86. The van der Waals surface area contributed by atoms with Crippen LogP contribution in [0.1, 0.15) is 39.7 Å². The number of nitrogens with one attached hydrogen (secondary N) is 1. The van der Waals surface area contributed by atoms with Crippen LogP contribution in [0, 0.1) is 0 Å². The van der Waals surface area contributed by atoms with Gasteiger partial charge in [0, 0.05) is 0 Å². The molecule has 5 nitrogen and oxygen atoms in total. The summed E-state index contributed by atoms with van der Waals surface area (Å²) in [6, 6.07) is 8.98. The zero-order valence-corrected chi connectivity index (χ0v) is 12.3. The Labute approximate surface area is 118 Å². The Morgan fingerprint density at radius 2 is 1.70 bits per heavy atom. The number of amides is 1. The van der Waals surface area contributed by atoms with Crippen molar-refractivity contribution in [1.82, 2.24) is 5.32 Å². The van der Waals surface area contributed by atoms with E-state index in [1.165, 1.54) is 0 Å². The number of aliphatic carboxylic acids is 1. The van der Waals surface area contributed by atoms with Crippen LogP contribution < -0.4 is 5.32 Å². The SMILES string of the molecule is CC(C)(C)OC(=O)N[C@](C)(CC(=O)O)c1ccccc1. The summed E-state index contributed by atoms with van der Waals surface area (Å²) in [7, 11) is 0. The molecule has 0 fully saturated rings. The van der Waals surface area contributed by atoms with Gasteiger partial charge >= 0.3 is 12.1 Å². The summed E-state index contributed by atoms with van der Waals surface area (Å²) in [5.74, 6) is -0.993. The van der Waals surface area contributed by atoms with Crippen LogP contribution in [0.15, 0.2) is 30.3 Å². The minimum absolute atomic E-state index is 0.226. The number of ether oxygens (including phenoxy) is 1. The summed E-state index contributed by atoms with van der Waals surface area (Å²) >= 11 is 0. The molecule has 0 aliphatic heterocycles. The number of hydrogen-bond acceptors (Lipinski definition) is 3. The van der Waals surface area contributed by atoms with Crippen LogP contribution in [0.2, 0.25) is 0 Å². The molecular formula is C15H21NO4. The second-order valence-corrected chi connectivity index (χ2v) is 5.90. The van der Waals surface area contributed by atoms with E-state index in [-0.39, 0.29) is 6.42 Å². The third-order valence-electron chi connectivity index (χ3n) is 2.69. The Morgan fingerprint density at radius 1 is 1.15 bits per heavy atom. The second-order valence-electron chi connectivity index (χ2n) is 5.90. The smallest absolute Gasteiger partial charge is 0.408 e. The first-order valence-corrected chi connectivity index (χ1v) is 6.41. The highest BCUT2D eigenvalue weighted by atomic mass is 16.6. The average molecular weight is 279 g/mol. The van der Waals surface area contributed by atoms with Crippen molar-refractivity contribution in [2.24, 2.45) is 0 Å². The highest BCUT2D eigenvalue weighted by Gasteiger charge is 2.33. The van der Waals surface area contributed by atoms with Gasteiger partial charge in [-0.2, -0.15) is 0 Å². The molecule has 0 unspecified atom stereocenters. The molecule has 5 heteroatoms. The van der Waals surface area contributed by atoms with Crippen LogP contribution in [0.25, 0.3) is 0 Å². The lowest BCUT2D eigenvalue weighted by Crippen LogP contribution is -2.47. The first-order valence-electron chi connectivity index (χ1n) is 6.41. The second kappa shape index (κ2) is 5.94. The number of hydrogen-bond donors (Lipinski definition) is 2. The zero-order valence-electron chi connectivity index (χ0n) is 12.3. The van der Waals surface area contributed by atoms with Gasteiger partial charge in [-0.05, 0) is 33.3 Å². The van der Waals surface area contributed by atoms with Crippen LogP contribution in [0.4, 0.5) is 4.79 Å². The number of benzene rings is 1. The summed E-state index contributed by atoms with van der Waals surface area (Å²) in [5, 5.41) is 11.7. The molecule has 2 N–H and O–H groups in total. The number of carboxylic acids is 1. The molecular weight excluding hydrogens is 258 g/mol. The van der Waals surface area contributed by atoms with E-state index in [4.69, 9.17) is 9.84 Å². The van der Waals surface area contributed by atoms with E-state index in [1.807, 2.05) is 6.07 Å². The molecule has 0 aliphatic carbocycles. The maximum absolute atomic E-state index is 11.9. The molecule has 110 valence electrons. The normalized spacial score (nSPS) is 14.2. The minimum Gasteiger partial charge on any atom is -0.481 e. The molecule has 0 heterocycles. The minimum atomic E-state index is -1.02. The van der Waals surface area contributed by atoms with Gasteiger partial charge in [-0.1, -0.05) is 30.3 Å². The average Bonchev–Trinajstić information content (AvgIpc) is 2.26. The van der Waals surface area contributed by atoms with Crippen molar-refractivity contribution in [3.05, 3.63) is 35.9 Å². The van der Waals surface area contributed by atoms with E-state index < -0.39 is 23.2 Å². The third kappa shape index (κ3) is 4.91. The maximum atomic E-state index is 11.9. The van der Waals surface area contributed by atoms with E-state index >= 15 is 0 Å². The molecule has 1 atom stereocenters. The van der Waals surface area contributed by atoms with Crippen molar-refractivity contribution in [3.8, 4) is 0 Å². The van der Waals surface area contributed by atoms with Crippen LogP contribution in [-0.4, -0.2) is 22.8 Å². The van der Waals surface area contributed by atoms with Crippen LogP contribution in [-0.2, 0) is 15.1 Å². The van der Waals surface area contributed by atoms with Gasteiger partial charge in [-0.25, -0.2) is 4.79 Å². The third-order valence-corrected chi connectivity index (χ3v) is 2.69. The Hall–Kier alpha value is -2.04. The Kier molecular flexibility index (Phi) is 4.76. The van der Waals surface area contributed by atoms with Gasteiger partial charge in [0.05, 0.1) is 12.0 Å². The summed E-state index contributed by atoms with van der Waals surface area (Å²) in [6.45, 7) is 6.93. The Morgan fingerprint density at radius 3 is 2.15 bits per heavy atom. The molecule has 0 spiro atoms. The molecule has 1 rings (SSSR count). The predicted molar refractivity (Wildman–Crippen MR) is 75.4 cm³/mol. The predicted octanol–water partition coefficient (Wildman–Crippen LogP) is 2.90. The lowest BCUT2D eigenvalue weighted by atomic mass is 9.89. The van der Waals surface area contributed by atoms with Crippen LogP contribution in [0.3, 0.4) is 0 Å². The number of carbonyl (C=O) groups is 2. The highest BCUT2D eigenvalue weighted by Crippen LogP contribution is 2.25. The van der Waals surface area contributed by atoms with Gasteiger partial charge in [-0.15, -0.1) is 0 Å². The number of carboxylic acid groups (broad SMARTS) is 1. The fourth-order valence-electron chi connectivity index (χ4n) is 1.86. The fraction of sp³-hybridized carbons (Fsp3) is 0.467. The largest absolute Gasteiger partial charge is 0.481 e. The van der Waals surface area contributed by atoms with E-state index in [1.54, 1.807) is 52.0 Å². The zero-order chi connectivity index (χ0) is 15.4. The summed E-state index contributed by atoms with van der Waals surface area (Å²) in [6.07, 6.45) is -0.860. The van der Waals surface area contributed by atoms with Crippen LogP contribution in [0.5, 0.6) is 0 Å². The van der Waals surface area contributed by atoms with Crippen molar-refractivity contribution in [2.75, 3.05) is 0 Å². The number of carbonyl (C=O) groups excluding carboxylic acids is 1.